The predicted octanol–water partition coefficient (Wildman–Crippen LogP) is 2.98. The highest BCUT2D eigenvalue weighted by Gasteiger charge is 2.22. The molecule has 2 N–H and O–H groups in total. The van der Waals surface area contributed by atoms with Gasteiger partial charge in [0.15, 0.2) is 5.82 Å². The third-order valence-corrected chi connectivity index (χ3v) is 4.81. The zero-order valence-electron chi connectivity index (χ0n) is 14.7. The maximum atomic E-state index is 12.0. The van der Waals surface area contributed by atoms with Crippen LogP contribution in [0.15, 0.2) is 29.0 Å². The number of nitrogens with zero attached hydrogens (tertiary/aromatic N) is 4. The predicted molar refractivity (Wildman–Crippen MR) is 96.9 cm³/mol. The molecule has 26 heavy (non-hydrogen) atoms. The van der Waals surface area contributed by atoms with Crippen LogP contribution < -0.4 is 10.6 Å². The first kappa shape index (κ1) is 16.6. The summed E-state index contributed by atoms with van der Waals surface area (Å²) < 4.78 is 7.28. The van der Waals surface area contributed by atoms with E-state index in [4.69, 9.17) is 4.52 Å². The second kappa shape index (κ2) is 7.15. The minimum atomic E-state index is -0.264. The van der Waals surface area contributed by atoms with Crippen LogP contribution in [0.5, 0.6) is 0 Å². The molecule has 1 aliphatic carbocycles. The van der Waals surface area contributed by atoms with Crippen LogP contribution in [0.4, 0.5) is 10.5 Å². The normalized spacial score (nSPS) is 14.8. The van der Waals surface area contributed by atoms with Crippen molar-refractivity contribution in [1.82, 2.24) is 25.0 Å². The van der Waals surface area contributed by atoms with Crippen molar-refractivity contribution in [1.29, 1.82) is 0 Å². The lowest BCUT2D eigenvalue weighted by Gasteiger charge is -2.06. The van der Waals surface area contributed by atoms with Crippen LogP contribution in [-0.2, 0) is 13.5 Å². The van der Waals surface area contributed by atoms with Gasteiger partial charge in [-0.25, -0.2) is 9.78 Å². The van der Waals surface area contributed by atoms with E-state index in [1.807, 2.05) is 29.8 Å². The maximum absolute atomic E-state index is 12.0. The molecule has 0 spiro atoms. The number of carbonyl (C=O) groups is 1. The number of rotatable bonds is 5. The first-order valence-corrected chi connectivity index (χ1v) is 8.97. The molecule has 1 aromatic carbocycles. The fourth-order valence-electron chi connectivity index (χ4n) is 3.38. The average Bonchev–Trinajstić information content (AvgIpc) is 3.36. The molecular weight excluding hydrogens is 332 g/mol. The lowest BCUT2D eigenvalue weighted by atomic mass is 10.1. The SMILES string of the molecule is Cn1cnc2cc(NC(=O)NCCc3noc(C4CCCC4)n3)ccc21. The molecule has 8 heteroatoms. The number of imidazole rings is 1. The van der Waals surface area contributed by atoms with Crippen LogP contribution in [0.3, 0.4) is 0 Å². The highest BCUT2D eigenvalue weighted by Crippen LogP contribution is 2.32. The van der Waals surface area contributed by atoms with Crippen molar-refractivity contribution >= 4 is 22.8 Å². The highest BCUT2D eigenvalue weighted by molar-refractivity contribution is 5.91. The summed E-state index contributed by atoms with van der Waals surface area (Å²) in [6.45, 7) is 0.446. The van der Waals surface area contributed by atoms with E-state index in [1.165, 1.54) is 12.8 Å². The smallest absolute Gasteiger partial charge is 0.319 e. The molecule has 1 saturated carbocycles. The van der Waals surface area contributed by atoms with Crippen LogP contribution in [0.25, 0.3) is 11.0 Å². The van der Waals surface area contributed by atoms with E-state index >= 15 is 0 Å². The number of anilines is 1. The van der Waals surface area contributed by atoms with Crippen LogP contribution in [0, 0.1) is 0 Å². The van der Waals surface area contributed by atoms with Gasteiger partial charge in [0, 0.05) is 31.6 Å². The molecule has 0 saturated heterocycles. The van der Waals surface area contributed by atoms with E-state index in [0.717, 1.165) is 29.8 Å². The number of fused-ring (bicyclic) bond motifs is 1. The number of urea groups is 1. The maximum Gasteiger partial charge on any atom is 0.319 e. The molecule has 0 bridgehead atoms. The Morgan fingerprint density at radius 3 is 3.04 bits per heavy atom. The third-order valence-electron chi connectivity index (χ3n) is 4.81. The Hall–Kier alpha value is -2.90. The third kappa shape index (κ3) is 3.54. The summed E-state index contributed by atoms with van der Waals surface area (Å²) in [6, 6.07) is 5.38. The molecule has 0 aliphatic heterocycles. The molecule has 1 aliphatic rings. The summed E-state index contributed by atoms with van der Waals surface area (Å²) in [5, 5.41) is 9.64. The Kier molecular flexibility index (Phi) is 4.55. The van der Waals surface area contributed by atoms with E-state index in [0.29, 0.717) is 30.4 Å². The van der Waals surface area contributed by atoms with Crippen molar-refractivity contribution < 1.29 is 9.32 Å². The fourth-order valence-corrected chi connectivity index (χ4v) is 3.38. The Morgan fingerprint density at radius 2 is 2.19 bits per heavy atom. The summed E-state index contributed by atoms with van der Waals surface area (Å²) in [4.78, 5) is 20.8. The zero-order chi connectivity index (χ0) is 17.9. The number of aromatic nitrogens is 4. The molecule has 8 nitrogen and oxygen atoms in total. The molecule has 2 heterocycles. The highest BCUT2D eigenvalue weighted by atomic mass is 16.5. The van der Waals surface area contributed by atoms with Crippen LogP contribution >= 0.6 is 0 Å². The Labute approximate surface area is 151 Å². The van der Waals surface area contributed by atoms with E-state index in [1.54, 1.807) is 6.33 Å². The zero-order valence-corrected chi connectivity index (χ0v) is 14.7. The molecule has 1 fully saturated rings. The number of carbonyl (C=O) groups excluding carboxylic acids is 1. The summed E-state index contributed by atoms with van der Waals surface area (Å²) in [5.41, 5.74) is 2.57. The summed E-state index contributed by atoms with van der Waals surface area (Å²) >= 11 is 0. The summed E-state index contributed by atoms with van der Waals surface area (Å²) in [7, 11) is 1.94. The van der Waals surface area contributed by atoms with Crippen molar-refractivity contribution in [2.75, 3.05) is 11.9 Å². The van der Waals surface area contributed by atoms with Crippen LogP contribution in [0.1, 0.15) is 43.3 Å². The Bertz CT molecular complexity index is 909. The Morgan fingerprint density at radius 1 is 1.35 bits per heavy atom. The van der Waals surface area contributed by atoms with Gasteiger partial charge >= 0.3 is 6.03 Å². The molecule has 0 atom stereocenters. The summed E-state index contributed by atoms with van der Waals surface area (Å²) in [6.07, 6.45) is 7.01. The second-order valence-electron chi connectivity index (χ2n) is 6.72. The number of hydrogen-bond donors (Lipinski definition) is 2. The van der Waals surface area contributed by atoms with E-state index in [2.05, 4.69) is 25.8 Å². The molecular formula is C18H22N6O2. The van der Waals surface area contributed by atoms with E-state index in [9.17, 15) is 4.79 Å². The number of amides is 2. The average molecular weight is 354 g/mol. The minimum Gasteiger partial charge on any atom is -0.339 e. The number of benzene rings is 1. The van der Waals surface area contributed by atoms with Gasteiger partial charge in [-0.15, -0.1) is 0 Å². The van der Waals surface area contributed by atoms with Gasteiger partial charge < -0.3 is 19.7 Å². The molecule has 4 rings (SSSR count). The second-order valence-corrected chi connectivity index (χ2v) is 6.72. The molecule has 2 amide bonds. The lowest BCUT2D eigenvalue weighted by molar-refractivity contribution is 0.252. The van der Waals surface area contributed by atoms with Gasteiger partial charge in [-0.3, -0.25) is 0 Å². The van der Waals surface area contributed by atoms with Gasteiger partial charge in [0.05, 0.1) is 17.4 Å². The first-order chi connectivity index (χ1) is 12.7. The van der Waals surface area contributed by atoms with Gasteiger partial charge in [-0.2, -0.15) is 4.98 Å². The van der Waals surface area contributed by atoms with Gasteiger partial charge in [0.2, 0.25) is 5.89 Å². The molecule has 2 aromatic heterocycles. The van der Waals surface area contributed by atoms with Crippen molar-refractivity contribution in [3.05, 3.63) is 36.2 Å². The molecule has 3 aromatic rings. The van der Waals surface area contributed by atoms with Gasteiger partial charge in [0.1, 0.15) is 0 Å². The van der Waals surface area contributed by atoms with Crippen LogP contribution in [0.2, 0.25) is 0 Å². The standard InChI is InChI=1S/C18H22N6O2/c1-24-11-20-14-10-13(6-7-15(14)24)21-18(25)19-9-8-16-22-17(26-23-16)12-4-2-3-5-12/h6-7,10-12H,2-5,8-9H2,1H3,(H2,19,21,25). The molecule has 0 radical (unpaired) electrons. The van der Waals surface area contributed by atoms with Crippen molar-refractivity contribution in [2.24, 2.45) is 7.05 Å². The van der Waals surface area contributed by atoms with E-state index < -0.39 is 0 Å². The van der Waals surface area contributed by atoms with Crippen LogP contribution in [-0.4, -0.2) is 32.3 Å². The quantitative estimate of drug-likeness (QED) is 0.734. The number of nitrogens with one attached hydrogen (secondary N) is 2. The van der Waals surface area contributed by atoms with Gasteiger partial charge in [0.25, 0.3) is 0 Å². The van der Waals surface area contributed by atoms with Crippen molar-refractivity contribution in [2.45, 2.75) is 38.0 Å². The minimum absolute atomic E-state index is 0.264. The van der Waals surface area contributed by atoms with Crippen molar-refractivity contribution in [3.8, 4) is 0 Å². The monoisotopic (exact) mass is 354 g/mol. The molecule has 0 unspecified atom stereocenters. The number of hydrogen-bond acceptors (Lipinski definition) is 5. The van der Waals surface area contributed by atoms with E-state index in [-0.39, 0.29) is 6.03 Å². The van der Waals surface area contributed by atoms with Gasteiger partial charge in [-0.05, 0) is 31.0 Å². The number of aryl methyl sites for hydroxylation is 1. The Balaban J connectivity index is 1.27. The molecule has 136 valence electrons. The van der Waals surface area contributed by atoms with Gasteiger partial charge in [-0.1, -0.05) is 18.0 Å². The fraction of sp³-hybridized carbons (Fsp3) is 0.444. The largest absolute Gasteiger partial charge is 0.339 e. The summed E-state index contributed by atoms with van der Waals surface area (Å²) in [5.74, 6) is 1.79. The first-order valence-electron chi connectivity index (χ1n) is 8.97. The lowest BCUT2D eigenvalue weighted by Crippen LogP contribution is -2.30. The van der Waals surface area contributed by atoms with Crippen molar-refractivity contribution in [3.63, 3.8) is 0 Å². The topological polar surface area (TPSA) is 97.9 Å².